The summed E-state index contributed by atoms with van der Waals surface area (Å²) in [5.41, 5.74) is 2.96. The second-order valence-corrected chi connectivity index (χ2v) is 9.56. The molecule has 31 heavy (non-hydrogen) atoms. The Bertz CT molecular complexity index is 1190. The van der Waals surface area contributed by atoms with E-state index < -0.39 is 17.4 Å². The molecule has 2 aromatic rings. The number of anilines is 2. The third-order valence-corrected chi connectivity index (χ3v) is 7.74. The first kappa shape index (κ1) is 19.0. The molecule has 158 valence electrons. The van der Waals surface area contributed by atoms with Crippen molar-refractivity contribution in [2.45, 2.75) is 38.3 Å². The van der Waals surface area contributed by atoms with E-state index in [1.807, 2.05) is 26.0 Å². The number of carbonyl (C=O) groups is 3. The van der Waals surface area contributed by atoms with E-state index in [4.69, 9.17) is 11.6 Å². The van der Waals surface area contributed by atoms with Crippen molar-refractivity contribution in [3.05, 3.63) is 58.1 Å². The molecule has 4 aliphatic heterocycles. The number of halogens is 1. The van der Waals surface area contributed by atoms with Crippen molar-refractivity contribution >= 4 is 40.7 Å². The average molecular weight is 436 g/mol. The fraction of sp³-hybridized carbons (Fsp3) is 0.375. The highest BCUT2D eigenvalue weighted by atomic mass is 35.5. The van der Waals surface area contributed by atoms with Crippen LogP contribution in [0.2, 0.25) is 5.02 Å². The topological polar surface area (TPSA) is 69.7 Å². The minimum Gasteiger partial charge on any atom is -0.324 e. The normalized spacial score (nSPS) is 31.4. The lowest BCUT2D eigenvalue weighted by Crippen LogP contribution is -2.54. The Labute approximate surface area is 185 Å². The molecule has 4 aliphatic rings. The van der Waals surface area contributed by atoms with Crippen LogP contribution < -0.4 is 10.2 Å². The molecule has 6 nitrogen and oxygen atoms in total. The standard InChI is InChI=1S/C24H22ClN3O3/c1-12-9-13(2)20-16(10-12)24(23(31)26-20)19-18(17-7-4-8-27(17)24)21(29)28(22(19)30)15-6-3-5-14(25)11-15/h3,5-6,9-11,17-19H,4,7-8H2,1-2H3,(H,26,31). The fourth-order valence-corrected chi connectivity index (χ4v) is 6.71. The molecule has 4 unspecified atom stereocenters. The van der Waals surface area contributed by atoms with Crippen LogP contribution in [0, 0.1) is 25.7 Å². The molecule has 3 saturated heterocycles. The van der Waals surface area contributed by atoms with Crippen molar-refractivity contribution in [3.63, 3.8) is 0 Å². The van der Waals surface area contributed by atoms with Crippen molar-refractivity contribution in [2.75, 3.05) is 16.8 Å². The van der Waals surface area contributed by atoms with Crippen LogP contribution in [0.1, 0.15) is 29.5 Å². The highest BCUT2D eigenvalue weighted by Gasteiger charge is 2.74. The SMILES string of the molecule is Cc1cc(C)c2c(c1)C1(C(=O)N2)C2C(=O)N(c3cccc(Cl)c3)C(=O)C2C2CCCN21. The number of rotatable bonds is 1. The largest absolute Gasteiger partial charge is 0.324 e. The molecule has 7 heteroatoms. The van der Waals surface area contributed by atoms with E-state index in [1.54, 1.807) is 24.3 Å². The molecule has 3 amide bonds. The van der Waals surface area contributed by atoms with Crippen LogP contribution in [0.25, 0.3) is 0 Å². The molecule has 6 rings (SSSR count). The van der Waals surface area contributed by atoms with Crippen molar-refractivity contribution in [1.29, 1.82) is 0 Å². The van der Waals surface area contributed by atoms with Gasteiger partial charge in [-0.25, -0.2) is 4.90 Å². The van der Waals surface area contributed by atoms with Crippen LogP contribution in [-0.2, 0) is 19.9 Å². The van der Waals surface area contributed by atoms with Crippen molar-refractivity contribution < 1.29 is 14.4 Å². The first-order valence-corrected chi connectivity index (χ1v) is 11.1. The van der Waals surface area contributed by atoms with E-state index in [9.17, 15) is 14.4 Å². The summed E-state index contributed by atoms with van der Waals surface area (Å²) in [6.45, 7) is 4.67. The van der Waals surface area contributed by atoms with Gasteiger partial charge >= 0.3 is 0 Å². The van der Waals surface area contributed by atoms with Gasteiger partial charge in [0.05, 0.1) is 17.5 Å². The van der Waals surface area contributed by atoms with Crippen LogP contribution in [0.3, 0.4) is 0 Å². The molecular weight excluding hydrogens is 414 g/mol. The zero-order valence-corrected chi connectivity index (χ0v) is 18.1. The van der Waals surface area contributed by atoms with Gasteiger partial charge in [-0.3, -0.25) is 19.3 Å². The number of nitrogens with zero attached hydrogens (tertiary/aromatic N) is 2. The van der Waals surface area contributed by atoms with E-state index in [1.165, 1.54) is 4.90 Å². The predicted molar refractivity (Wildman–Crippen MR) is 117 cm³/mol. The van der Waals surface area contributed by atoms with Gasteiger partial charge in [0.1, 0.15) is 5.54 Å². The number of amides is 3. The van der Waals surface area contributed by atoms with E-state index in [-0.39, 0.29) is 23.8 Å². The molecule has 2 aromatic carbocycles. The minimum absolute atomic E-state index is 0.122. The number of benzene rings is 2. The number of fused-ring (bicyclic) bond motifs is 7. The van der Waals surface area contributed by atoms with Gasteiger partial charge in [0.15, 0.2) is 0 Å². The third-order valence-electron chi connectivity index (χ3n) is 7.51. The highest BCUT2D eigenvalue weighted by Crippen LogP contribution is 2.61. The smallest absolute Gasteiger partial charge is 0.250 e. The summed E-state index contributed by atoms with van der Waals surface area (Å²) in [6, 6.07) is 10.7. The van der Waals surface area contributed by atoms with Crippen LogP contribution in [-0.4, -0.2) is 35.2 Å². The lowest BCUT2D eigenvalue weighted by Gasteiger charge is -2.36. The first-order chi connectivity index (χ1) is 14.9. The van der Waals surface area contributed by atoms with Gasteiger partial charge in [0.25, 0.3) is 0 Å². The van der Waals surface area contributed by atoms with Gasteiger partial charge in [0, 0.05) is 22.3 Å². The molecule has 0 aromatic heterocycles. The summed E-state index contributed by atoms with van der Waals surface area (Å²) in [7, 11) is 0. The number of hydrogen-bond donors (Lipinski definition) is 1. The Morgan fingerprint density at radius 3 is 2.68 bits per heavy atom. The van der Waals surface area contributed by atoms with E-state index >= 15 is 0 Å². The van der Waals surface area contributed by atoms with Gasteiger partial charge in [-0.05, 0) is 57.0 Å². The molecule has 3 fully saturated rings. The quantitative estimate of drug-likeness (QED) is 0.697. The Balaban J connectivity index is 1.58. The van der Waals surface area contributed by atoms with Crippen LogP contribution >= 0.6 is 11.6 Å². The van der Waals surface area contributed by atoms with Gasteiger partial charge in [-0.1, -0.05) is 35.4 Å². The lowest BCUT2D eigenvalue weighted by atomic mass is 9.75. The monoisotopic (exact) mass is 435 g/mol. The molecule has 0 bridgehead atoms. The summed E-state index contributed by atoms with van der Waals surface area (Å²) >= 11 is 6.15. The van der Waals surface area contributed by atoms with Gasteiger partial charge < -0.3 is 5.32 Å². The Morgan fingerprint density at radius 1 is 1.10 bits per heavy atom. The van der Waals surface area contributed by atoms with Crippen LogP contribution in [0.15, 0.2) is 36.4 Å². The molecule has 0 radical (unpaired) electrons. The van der Waals surface area contributed by atoms with E-state index in [0.29, 0.717) is 17.3 Å². The van der Waals surface area contributed by atoms with Crippen molar-refractivity contribution in [3.8, 4) is 0 Å². The number of imide groups is 1. The highest BCUT2D eigenvalue weighted by molar-refractivity contribution is 6.31. The molecule has 4 atom stereocenters. The fourth-order valence-electron chi connectivity index (χ4n) is 6.53. The second-order valence-electron chi connectivity index (χ2n) is 9.12. The third kappa shape index (κ3) is 2.19. The van der Waals surface area contributed by atoms with Crippen LogP contribution in [0.4, 0.5) is 11.4 Å². The number of carbonyl (C=O) groups excluding carboxylic acids is 3. The maximum Gasteiger partial charge on any atom is 0.250 e. The van der Waals surface area contributed by atoms with Gasteiger partial charge in [-0.2, -0.15) is 0 Å². The molecule has 0 aliphatic carbocycles. The van der Waals surface area contributed by atoms with Crippen LogP contribution in [0.5, 0.6) is 0 Å². The zero-order chi connectivity index (χ0) is 21.7. The molecule has 1 spiro atoms. The summed E-state index contributed by atoms with van der Waals surface area (Å²) in [6.07, 6.45) is 1.71. The second kappa shape index (κ2) is 6.17. The summed E-state index contributed by atoms with van der Waals surface area (Å²) in [4.78, 5) is 44.6. The molecule has 4 heterocycles. The Hall–Kier alpha value is -2.70. The maximum atomic E-state index is 13.9. The Kier molecular flexibility index (Phi) is 3.79. The maximum absolute atomic E-state index is 13.9. The lowest BCUT2D eigenvalue weighted by molar-refractivity contribution is -0.135. The van der Waals surface area contributed by atoms with Crippen molar-refractivity contribution in [1.82, 2.24) is 4.90 Å². The molecule has 0 saturated carbocycles. The molecular formula is C24H22ClN3O3. The van der Waals surface area contributed by atoms with E-state index in [0.717, 1.165) is 35.2 Å². The number of aryl methyl sites for hydroxylation is 2. The molecule has 1 N–H and O–H groups in total. The predicted octanol–water partition coefficient (Wildman–Crippen LogP) is 3.39. The zero-order valence-electron chi connectivity index (χ0n) is 17.3. The summed E-state index contributed by atoms with van der Waals surface area (Å²) < 4.78 is 0. The summed E-state index contributed by atoms with van der Waals surface area (Å²) in [5, 5.41) is 3.53. The van der Waals surface area contributed by atoms with Gasteiger partial charge in [-0.15, -0.1) is 0 Å². The van der Waals surface area contributed by atoms with Gasteiger partial charge in [0.2, 0.25) is 17.7 Å². The van der Waals surface area contributed by atoms with Crippen molar-refractivity contribution in [2.24, 2.45) is 11.8 Å². The minimum atomic E-state index is -1.14. The summed E-state index contributed by atoms with van der Waals surface area (Å²) in [5.74, 6) is -2.01. The number of nitrogens with one attached hydrogen (secondary N) is 1. The van der Waals surface area contributed by atoms with E-state index in [2.05, 4.69) is 10.2 Å². The Morgan fingerprint density at radius 2 is 1.90 bits per heavy atom. The number of hydrogen-bond acceptors (Lipinski definition) is 4. The average Bonchev–Trinajstić information content (AvgIpc) is 3.41. The first-order valence-electron chi connectivity index (χ1n) is 10.7.